The first-order chi connectivity index (χ1) is 19.6. The Morgan fingerprint density at radius 2 is 2.10 bits per heavy atom. The molecule has 0 radical (unpaired) electrons. The first kappa shape index (κ1) is 27.4. The van der Waals surface area contributed by atoms with Crippen molar-refractivity contribution in [1.29, 1.82) is 0 Å². The van der Waals surface area contributed by atoms with Crippen LogP contribution in [0.5, 0.6) is 0 Å². The van der Waals surface area contributed by atoms with Gasteiger partial charge in [-0.05, 0) is 48.9 Å². The van der Waals surface area contributed by atoms with Crippen molar-refractivity contribution >= 4 is 29.0 Å². The molecule has 2 aromatic heterocycles. The number of aliphatic hydroxyl groups is 2. The predicted molar refractivity (Wildman–Crippen MR) is 145 cm³/mol. The minimum Gasteiger partial charge on any atom is -0.458 e. The number of halogens is 1. The van der Waals surface area contributed by atoms with E-state index in [2.05, 4.69) is 0 Å². The second kappa shape index (κ2) is 9.93. The molecule has 41 heavy (non-hydrogen) atoms. The zero-order valence-electron chi connectivity index (χ0n) is 23.1. The summed E-state index contributed by atoms with van der Waals surface area (Å²) in [6, 6.07) is 3.04. The van der Waals surface area contributed by atoms with Crippen molar-refractivity contribution in [2.75, 3.05) is 26.9 Å². The van der Waals surface area contributed by atoms with Crippen LogP contribution in [-0.4, -0.2) is 69.3 Å². The van der Waals surface area contributed by atoms with Crippen molar-refractivity contribution in [3.8, 4) is 11.4 Å². The van der Waals surface area contributed by atoms with E-state index in [1.807, 2.05) is 6.21 Å². The molecule has 0 fully saturated rings. The van der Waals surface area contributed by atoms with Gasteiger partial charge in [-0.2, -0.15) is 4.58 Å². The largest absolute Gasteiger partial charge is 0.458 e. The highest BCUT2D eigenvalue weighted by Gasteiger charge is 2.46. The smallest absolute Gasteiger partial charge is 0.412 e. The molecule has 0 bridgehead atoms. The Hall–Kier alpha value is -3.80. The number of ether oxygens (including phenoxy) is 2. The van der Waals surface area contributed by atoms with E-state index in [-0.39, 0.29) is 73.7 Å². The Bertz CT molecular complexity index is 1740. The summed E-state index contributed by atoms with van der Waals surface area (Å²) >= 11 is 0. The van der Waals surface area contributed by atoms with Gasteiger partial charge in [-0.3, -0.25) is 4.79 Å². The fourth-order valence-electron chi connectivity index (χ4n) is 6.42. The summed E-state index contributed by atoms with van der Waals surface area (Å²) in [5.74, 6) is -1.69. The monoisotopic (exact) mass is 564 g/mol. The number of nitrogens with zero attached hydrogens (tertiary/aromatic N) is 3. The molecule has 2 N–H and O–H groups in total. The molecule has 0 saturated carbocycles. The number of hydrogen-bond donors (Lipinski definition) is 2. The molecule has 1 aromatic carbocycles. The number of pyridine rings is 2. The highest BCUT2D eigenvalue weighted by Crippen LogP contribution is 2.46. The fourth-order valence-corrected chi connectivity index (χ4v) is 6.42. The number of cyclic esters (lactones) is 1. The number of esters is 1. The average molecular weight is 565 g/mol. The minimum atomic E-state index is -1.95. The molecule has 6 rings (SSSR count). The van der Waals surface area contributed by atoms with E-state index in [9.17, 15) is 19.5 Å². The van der Waals surface area contributed by atoms with Gasteiger partial charge in [0.1, 0.15) is 19.5 Å². The van der Waals surface area contributed by atoms with Gasteiger partial charge in [0, 0.05) is 22.6 Å². The van der Waals surface area contributed by atoms with Crippen LogP contribution in [0, 0.1) is 12.7 Å². The number of amides is 1. The maximum Gasteiger partial charge on any atom is 0.412 e. The Labute approximate surface area is 234 Å². The van der Waals surface area contributed by atoms with Crippen LogP contribution < -0.4 is 5.56 Å². The number of likely N-dealkylation sites (N-methyl/N-ethyl adjacent to an activating group) is 1. The highest BCUT2D eigenvalue weighted by atomic mass is 19.1. The van der Waals surface area contributed by atoms with Crippen LogP contribution in [0.3, 0.4) is 0 Å². The molecular weight excluding hydrogens is 533 g/mol. The molecule has 3 aromatic rings. The van der Waals surface area contributed by atoms with E-state index >= 15 is 4.39 Å². The van der Waals surface area contributed by atoms with E-state index in [4.69, 9.17) is 19.6 Å². The first-order valence-corrected chi connectivity index (χ1v) is 13.7. The van der Waals surface area contributed by atoms with Gasteiger partial charge in [0.05, 0.1) is 48.1 Å². The Morgan fingerprint density at radius 1 is 1.32 bits per heavy atom. The molecular formula is C30H31FN3O7+. The van der Waals surface area contributed by atoms with Crippen LogP contribution in [-0.2, 0) is 44.2 Å². The summed E-state index contributed by atoms with van der Waals surface area (Å²) in [5.41, 5.74) is 2.55. The van der Waals surface area contributed by atoms with Crippen LogP contribution in [0.2, 0.25) is 0 Å². The number of benzene rings is 1. The topological polar surface area (TPSA) is 131 Å². The molecule has 1 amide bonds. The lowest BCUT2D eigenvalue weighted by molar-refractivity contribution is -0.418. The molecule has 1 aliphatic carbocycles. The van der Waals surface area contributed by atoms with Gasteiger partial charge < -0.3 is 24.3 Å². The van der Waals surface area contributed by atoms with E-state index in [1.54, 1.807) is 31.5 Å². The van der Waals surface area contributed by atoms with E-state index in [0.717, 1.165) is 22.1 Å². The van der Waals surface area contributed by atoms with Gasteiger partial charge in [0.2, 0.25) is 0 Å². The van der Waals surface area contributed by atoms with Crippen molar-refractivity contribution in [3.05, 3.63) is 61.7 Å². The molecule has 1 unspecified atom stereocenters. The van der Waals surface area contributed by atoms with Gasteiger partial charge in [0.15, 0.2) is 18.4 Å². The standard InChI is InChI=1S/C30H31FN3O7/c1-4-30(39)20-9-23-27-18(12-34(23)28(37)19(20)13-41-29(30)38)25-16(11-33(3)24(36)14-40-8-7-35)5-6-17-15(2)21(31)10-22(32-27)26(17)25/h9-11,16,35,39H,4-8,12-14H2,1-3H3/q+1/b33-11-/t16?,30-/m0/s1. The Balaban J connectivity index is 1.57. The maximum absolute atomic E-state index is 15.1. The number of rotatable bonds is 6. The molecule has 214 valence electrons. The average Bonchev–Trinajstić information content (AvgIpc) is 3.33. The number of aryl methyl sites for hydroxylation is 1. The zero-order valence-corrected chi connectivity index (χ0v) is 23.1. The molecule has 10 nitrogen and oxygen atoms in total. The maximum atomic E-state index is 15.1. The second-order valence-electron chi connectivity index (χ2n) is 10.9. The number of carbonyl (C=O) groups excluding carboxylic acids is 2. The number of aliphatic hydroxyl groups excluding tert-OH is 1. The predicted octanol–water partition coefficient (Wildman–Crippen LogP) is 1.81. The van der Waals surface area contributed by atoms with Gasteiger partial charge in [-0.1, -0.05) is 6.92 Å². The second-order valence-corrected chi connectivity index (χ2v) is 10.9. The summed E-state index contributed by atoms with van der Waals surface area (Å²) in [6.07, 6.45) is 3.04. The van der Waals surface area contributed by atoms with Gasteiger partial charge >= 0.3 is 11.9 Å². The van der Waals surface area contributed by atoms with Crippen LogP contribution in [0.1, 0.15) is 59.1 Å². The third-order valence-electron chi connectivity index (χ3n) is 8.68. The summed E-state index contributed by atoms with van der Waals surface area (Å²) < 4.78 is 28.5. The van der Waals surface area contributed by atoms with Crippen LogP contribution in [0.25, 0.3) is 22.3 Å². The third-order valence-corrected chi connectivity index (χ3v) is 8.68. The summed E-state index contributed by atoms with van der Waals surface area (Å²) in [6.45, 7) is 3.05. The van der Waals surface area contributed by atoms with Gasteiger partial charge in [-0.15, -0.1) is 0 Å². The first-order valence-electron chi connectivity index (χ1n) is 13.7. The molecule has 4 heterocycles. The Kier molecular flexibility index (Phi) is 6.63. The van der Waals surface area contributed by atoms with E-state index in [1.165, 1.54) is 10.6 Å². The summed E-state index contributed by atoms with van der Waals surface area (Å²) in [5, 5.41) is 21.0. The Morgan fingerprint density at radius 3 is 2.83 bits per heavy atom. The van der Waals surface area contributed by atoms with Crippen LogP contribution in [0.15, 0.2) is 16.9 Å². The minimum absolute atomic E-state index is 0.0260. The van der Waals surface area contributed by atoms with Gasteiger partial charge in [-0.25, -0.2) is 19.0 Å². The fraction of sp³-hybridized carbons (Fsp3) is 0.433. The SMILES string of the molecule is CC[C@@]1(O)C(=O)OCc2c1cc1n(c2=O)Cc2c-1nc1cc(F)c(C)c3c1c2C(/C=[N+](/C)C(=O)COCCO)CC3. The van der Waals surface area contributed by atoms with Crippen molar-refractivity contribution < 1.29 is 38.2 Å². The highest BCUT2D eigenvalue weighted by molar-refractivity contribution is 5.96. The number of carbonyl (C=O) groups is 2. The zero-order chi connectivity index (χ0) is 29.2. The number of aromatic nitrogens is 2. The number of hydrogen-bond acceptors (Lipinski definition) is 8. The normalized spacial score (nSPS) is 21.0. The summed E-state index contributed by atoms with van der Waals surface area (Å²) in [4.78, 5) is 43.8. The third kappa shape index (κ3) is 4.05. The lowest BCUT2D eigenvalue weighted by Gasteiger charge is -2.31. The van der Waals surface area contributed by atoms with Gasteiger partial charge in [0.25, 0.3) is 5.56 Å². The molecule has 0 spiro atoms. The lowest BCUT2D eigenvalue weighted by Crippen LogP contribution is -2.44. The molecule has 2 atom stereocenters. The van der Waals surface area contributed by atoms with E-state index in [0.29, 0.717) is 35.3 Å². The molecule has 2 aliphatic heterocycles. The number of fused-ring (bicyclic) bond motifs is 5. The van der Waals surface area contributed by atoms with E-state index < -0.39 is 11.6 Å². The quantitative estimate of drug-likeness (QED) is 0.157. The summed E-state index contributed by atoms with van der Waals surface area (Å²) in [7, 11) is 1.64. The molecule has 0 saturated heterocycles. The molecule has 11 heteroatoms. The van der Waals surface area contributed by atoms with Crippen molar-refractivity contribution in [2.24, 2.45) is 0 Å². The van der Waals surface area contributed by atoms with Crippen LogP contribution >= 0.6 is 0 Å². The lowest BCUT2D eigenvalue weighted by atomic mass is 9.78. The molecule has 3 aliphatic rings. The van der Waals surface area contributed by atoms with Crippen LogP contribution in [0.4, 0.5) is 4.39 Å². The van der Waals surface area contributed by atoms with Crippen molar-refractivity contribution in [3.63, 3.8) is 0 Å². The van der Waals surface area contributed by atoms with Crippen molar-refractivity contribution in [2.45, 2.75) is 57.8 Å². The van der Waals surface area contributed by atoms with Crippen molar-refractivity contribution in [1.82, 2.24) is 9.55 Å².